The first kappa shape index (κ1) is 17.1. The van der Waals surface area contributed by atoms with E-state index in [4.69, 9.17) is 4.74 Å². The van der Waals surface area contributed by atoms with E-state index in [0.717, 1.165) is 29.5 Å². The monoisotopic (exact) mass is 353 g/mol. The number of nitrogens with zero attached hydrogens (tertiary/aromatic N) is 1. The Kier molecular flexibility index (Phi) is 4.43. The Labute approximate surface area is 153 Å². The fraction of sp³-hybridized carbons (Fsp3) is 0.409. The summed E-state index contributed by atoms with van der Waals surface area (Å²) < 4.78 is 19.1. The van der Waals surface area contributed by atoms with E-state index in [2.05, 4.69) is 0 Å². The molecule has 1 saturated carbocycles. The number of halogens is 1. The fourth-order valence-electron chi connectivity index (χ4n) is 4.08. The largest absolute Gasteiger partial charge is 0.445 e. The number of piperidine rings is 1. The van der Waals surface area contributed by atoms with Gasteiger partial charge in [-0.15, -0.1) is 0 Å². The van der Waals surface area contributed by atoms with Gasteiger partial charge in [-0.1, -0.05) is 36.4 Å². The molecule has 1 saturated heterocycles. The Morgan fingerprint density at radius 1 is 1.19 bits per heavy atom. The third kappa shape index (κ3) is 3.46. The number of benzene rings is 2. The van der Waals surface area contributed by atoms with Crippen molar-refractivity contribution in [2.24, 2.45) is 5.41 Å². The maximum atomic E-state index is 13.5. The highest BCUT2D eigenvalue weighted by molar-refractivity contribution is 5.69. The van der Waals surface area contributed by atoms with Gasteiger partial charge >= 0.3 is 6.09 Å². The highest BCUT2D eigenvalue weighted by atomic mass is 19.1. The van der Waals surface area contributed by atoms with Crippen molar-refractivity contribution in [2.45, 2.75) is 45.3 Å². The van der Waals surface area contributed by atoms with E-state index in [-0.39, 0.29) is 24.6 Å². The van der Waals surface area contributed by atoms with Crippen LogP contribution in [-0.4, -0.2) is 17.5 Å². The second-order valence-electron chi connectivity index (χ2n) is 7.70. The predicted molar refractivity (Wildman–Crippen MR) is 98.1 cm³/mol. The maximum Gasteiger partial charge on any atom is 0.410 e. The van der Waals surface area contributed by atoms with Gasteiger partial charge in [-0.2, -0.15) is 0 Å². The van der Waals surface area contributed by atoms with E-state index >= 15 is 0 Å². The molecule has 3 nitrogen and oxygen atoms in total. The number of carbonyl (C=O) groups excluding carboxylic acids is 1. The summed E-state index contributed by atoms with van der Waals surface area (Å²) in [4.78, 5) is 14.6. The number of aryl methyl sites for hydroxylation is 1. The fourth-order valence-corrected chi connectivity index (χ4v) is 4.08. The number of ether oxygens (including phenoxy) is 1. The van der Waals surface area contributed by atoms with E-state index in [1.54, 1.807) is 6.07 Å². The summed E-state index contributed by atoms with van der Waals surface area (Å²) >= 11 is 0. The minimum absolute atomic E-state index is 0.0323. The lowest BCUT2D eigenvalue weighted by Gasteiger charge is -2.40. The normalized spacial score (nSPS) is 20.8. The molecule has 1 atom stereocenters. The van der Waals surface area contributed by atoms with E-state index in [9.17, 15) is 9.18 Å². The molecule has 1 spiro atoms. The highest BCUT2D eigenvalue weighted by Crippen LogP contribution is 2.58. The van der Waals surface area contributed by atoms with Gasteiger partial charge in [-0.05, 0) is 66.8 Å². The summed E-state index contributed by atoms with van der Waals surface area (Å²) in [6.07, 6.45) is 4.16. The van der Waals surface area contributed by atoms with Crippen LogP contribution in [0.15, 0.2) is 48.5 Å². The molecule has 4 heteroatoms. The van der Waals surface area contributed by atoms with E-state index in [1.807, 2.05) is 48.2 Å². The molecule has 2 fully saturated rings. The zero-order valence-electron chi connectivity index (χ0n) is 15.1. The maximum absolute atomic E-state index is 13.5. The van der Waals surface area contributed by atoms with Gasteiger partial charge in [0.2, 0.25) is 0 Å². The van der Waals surface area contributed by atoms with Crippen LogP contribution in [0, 0.1) is 18.2 Å². The highest BCUT2D eigenvalue weighted by Gasteiger charge is 2.49. The lowest BCUT2D eigenvalue weighted by Crippen LogP contribution is -2.42. The number of hydrogen-bond acceptors (Lipinski definition) is 2. The first-order valence-corrected chi connectivity index (χ1v) is 9.30. The van der Waals surface area contributed by atoms with Gasteiger partial charge < -0.3 is 9.64 Å². The van der Waals surface area contributed by atoms with Gasteiger partial charge in [0.1, 0.15) is 12.4 Å². The van der Waals surface area contributed by atoms with E-state index in [1.165, 1.54) is 18.9 Å². The van der Waals surface area contributed by atoms with Crippen molar-refractivity contribution < 1.29 is 13.9 Å². The van der Waals surface area contributed by atoms with Crippen molar-refractivity contribution in [1.29, 1.82) is 0 Å². The lowest BCUT2D eigenvalue weighted by atomic mass is 9.83. The quantitative estimate of drug-likeness (QED) is 0.740. The van der Waals surface area contributed by atoms with Crippen LogP contribution in [0.2, 0.25) is 0 Å². The van der Waals surface area contributed by atoms with Crippen LogP contribution in [0.3, 0.4) is 0 Å². The van der Waals surface area contributed by atoms with Crippen molar-refractivity contribution in [3.05, 3.63) is 71.0 Å². The zero-order valence-corrected chi connectivity index (χ0v) is 15.1. The summed E-state index contributed by atoms with van der Waals surface area (Å²) in [5.74, 6) is -0.235. The van der Waals surface area contributed by atoms with Gasteiger partial charge in [0, 0.05) is 6.54 Å². The zero-order chi connectivity index (χ0) is 18.1. The molecule has 0 aromatic heterocycles. The number of likely N-dealkylation sites (tertiary alicyclic amines) is 1. The molecule has 0 radical (unpaired) electrons. The van der Waals surface area contributed by atoms with Crippen LogP contribution >= 0.6 is 0 Å². The van der Waals surface area contributed by atoms with Gasteiger partial charge in [0.25, 0.3) is 0 Å². The van der Waals surface area contributed by atoms with Gasteiger partial charge in [0.15, 0.2) is 0 Å². The molecule has 2 aliphatic rings. The van der Waals surface area contributed by atoms with Crippen LogP contribution in [0.5, 0.6) is 0 Å². The Bertz CT molecular complexity index is 801. The molecule has 136 valence electrons. The smallest absolute Gasteiger partial charge is 0.410 e. The average molecular weight is 353 g/mol. The van der Waals surface area contributed by atoms with Gasteiger partial charge in [-0.25, -0.2) is 9.18 Å². The SMILES string of the molecule is Cc1cc(F)ccc1[C@H]1CC2(CCN1C(=O)OCc1ccccc1)CC2. The van der Waals surface area contributed by atoms with Gasteiger partial charge in [-0.3, -0.25) is 0 Å². The third-order valence-corrected chi connectivity index (χ3v) is 5.87. The van der Waals surface area contributed by atoms with Crippen molar-refractivity contribution in [3.8, 4) is 0 Å². The van der Waals surface area contributed by atoms with Crippen molar-refractivity contribution in [1.82, 2.24) is 4.90 Å². The molecule has 1 aliphatic heterocycles. The van der Waals surface area contributed by atoms with Crippen LogP contribution in [0.4, 0.5) is 9.18 Å². The minimum Gasteiger partial charge on any atom is -0.445 e. The number of hydrogen-bond donors (Lipinski definition) is 0. The minimum atomic E-state index is -0.280. The summed E-state index contributed by atoms with van der Waals surface area (Å²) in [6.45, 7) is 2.89. The van der Waals surface area contributed by atoms with Crippen molar-refractivity contribution in [2.75, 3.05) is 6.54 Å². The molecule has 4 rings (SSSR count). The summed E-state index contributed by atoms with van der Waals surface area (Å²) in [7, 11) is 0. The Morgan fingerprint density at radius 2 is 1.96 bits per heavy atom. The van der Waals surface area contributed by atoms with Crippen molar-refractivity contribution >= 4 is 6.09 Å². The summed E-state index contributed by atoms with van der Waals surface area (Å²) in [5, 5.41) is 0. The molecule has 1 aliphatic carbocycles. The molecule has 0 unspecified atom stereocenters. The van der Waals surface area contributed by atoms with Crippen LogP contribution in [-0.2, 0) is 11.3 Å². The molecular formula is C22H24FNO2. The number of carbonyl (C=O) groups is 1. The van der Waals surface area contributed by atoms with Crippen LogP contribution < -0.4 is 0 Å². The molecule has 0 N–H and O–H groups in total. The van der Waals surface area contributed by atoms with E-state index in [0.29, 0.717) is 12.0 Å². The second kappa shape index (κ2) is 6.75. The Morgan fingerprint density at radius 3 is 2.65 bits per heavy atom. The molecule has 0 bridgehead atoms. The first-order chi connectivity index (χ1) is 12.6. The predicted octanol–water partition coefficient (Wildman–Crippen LogP) is 5.39. The Balaban J connectivity index is 1.53. The molecule has 1 amide bonds. The standard InChI is InChI=1S/C22H24FNO2/c1-16-13-18(23)7-8-19(16)20-14-22(9-10-22)11-12-24(20)21(25)26-15-17-5-3-2-4-6-17/h2-8,13,20H,9-12,14-15H2,1H3/t20-/m1/s1. The summed E-state index contributed by atoms with van der Waals surface area (Å²) in [6, 6.07) is 14.6. The molecule has 2 aromatic carbocycles. The number of amides is 1. The van der Waals surface area contributed by atoms with E-state index < -0.39 is 0 Å². The lowest BCUT2D eigenvalue weighted by molar-refractivity contribution is 0.0526. The molecule has 1 heterocycles. The first-order valence-electron chi connectivity index (χ1n) is 9.30. The summed E-state index contributed by atoms with van der Waals surface area (Å²) in [5.41, 5.74) is 3.29. The molecule has 26 heavy (non-hydrogen) atoms. The van der Waals surface area contributed by atoms with Crippen molar-refractivity contribution in [3.63, 3.8) is 0 Å². The average Bonchev–Trinajstić information content (AvgIpc) is 3.39. The third-order valence-electron chi connectivity index (χ3n) is 5.87. The van der Waals surface area contributed by atoms with Crippen LogP contribution in [0.1, 0.15) is 48.4 Å². The topological polar surface area (TPSA) is 29.5 Å². The molecule has 2 aromatic rings. The van der Waals surface area contributed by atoms with Gasteiger partial charge in [0.05, 0.1) is 6.04 Å². The molecular weight excluding hydrogens is 329 g/mol. The Hall–Kier alpha value is -2.36. The second-order valence-corrected chi connectivity index (χ2v) is 7.70. The number of rotatable bonds is 3. The van der Waals surface area contributed by atoms with Crippen LogP contribution in [0.25, 0.3) is 0 Å².